The summed E-state index contributed by atoms with van der Waals surface area (Å²) < 4.78 is 0. The third-order valence-corrected chi connectivity index (χ3v) is 1.61. The molecule has 0 saturated carbocycles. The summed E-state index contributed by atoms with van der Waals surface area (Å²) in [6.45, 7) is 1.34. The summed E-state index contributed by atoms with van der Waals surface area (Å²) in [7, 11) is 0. The van der Waals surface area contributed by atoms with Crippen molar-refractivity contribution in [1.29, 1.82) is 0 Å². The van der Waals surface area contributed by atoms with Crippen molar-refractivity contribution < 1.29 is 5.11 Å². The minimum Gasteiger partial charge on any atom is -0.393 e. The quantitative estimate of drug-likeness (QED) is 0.332. The van der Waals surface area contributed by atoms with E-state index in [1.165, 1.54) is 0 Å². The highest BCUT2D eigenvalue weighted by Crippen LogP contribution is 2.09. The van der Waals surface area contributed by atoms with Crippen LogP contribution < -0.4 is 0 Å². The average molecular weight is 142 g/mol. The van der Waals surface area contributed by atoms with Gasteiger partial charge in [-0.2, -0.15) is 4.91 Å². The Morgan fingerprint density at radius 3 is 2.60 bits per heavy atom. The molecule has 5 heteroatoms. The van der Waals surface area contributed by atoms with E-state index in [4.69, 9.17) is 10.6 Å². The van der Waals surface area contributed by atoms with Gasteiger partial charge in [0.2, 0.25) is 0 Å². The van der Waals surface area contributed by atoms with Gasteiger partial charge in [0.1, 0.15) is 0 Å². The minimum atomic E-state index is -0.204. The number of aliphatic hydroxyl groups excluding tert-OH is 1. The third-order valence-electron chi connectivity index (χ3n) is 1.61. The summed E-state index contributed by atoms with van der Waals surface area (Å²) in [5.74, 6) is 0. The molecule has 1 rings (SSSR count). The first kappa shape index (κ1) is 7.18. The molecule has 0 amide bonds. The summed E-state index contributed by atoms with van der Waals surface area (Å²) in [5.41, 5.74) is 8.04. The van der Waals surface area contributed by atoms with Crippen molar-refractivity contribution >= 4 is 0 Å². The van der Waals surface area contributed by atoms with Crippen molar-refractivity contribution in [3.05, 3.63) is 10.4 Å². The monoisotopic (exact) mass is 142 g/mol. The van der Waals surface area contributed by atoms with Gasteiger partial charge in [-0.3, -0.25) is 0 Å². The smallest absolute Gasteiger partial charge is 0.0909 e. The maximum Gasteiger partial charge on any atom is 0.0909 e. The molecule has 1 aliphatic rings. The maximum atomic E-state index is 9.03. The van der Waals surface area contributed by atoms with Crippen molar-refractivity contribution in [2.24, 2.45) is 5.22 Å². The van der Waals surface area contributed by atoms with Crippen LogP contribution in [-0.4, -0.2) is 29.3 Å². The van der Waals surface area contributed by atoms with Crippen LogP contribution in [0.2, 0.25) is 0 Å². The minimum absolute atomic E-state index is 0.204. The molecule has 0 radical (unpaired) electrons. The first-order valence-electron chi connectivity index (χ1n) is 3.31. The Morgan fingerprint density at radius 2 is 2.10 bits per heavy atom. The zero-order valence-electron chi connectivity index (χ0n) is 5.64. The summed E-state index contributed by atoms with van der Waals surface area (Å²) in [4.78, 5) is 2.65. The van der Waals surface area contributed by atoms with E-state index in [1.807, 2.05) is 0 Å². The topological polar surface area (TPSA) is 72.2 Å². The van der Waals surface area contributed by atoms with Crippen LogP contribution in [0.25, 0.3) is 10.4 Å². The molecule has 0 aromatic rings. The lowest BCUT2D eigenvalue weighted by molar-refractivity contribution is 0.0831. The zero-order chi connectivity index (χ0) is 7.40. The number of aliphatic hydroxyl groups is 1. The van der Waals surface area contributed by atoms with Crippen molar-refractivity contribution in [3.63, 3.8) is 0 Å². The number of hydrogen-bond donors (Lipinski definition) is 1. The van der Waals surface area contributed by atoms with Crippen LogP contribution in [-0.2, 0) is 0 Å². The standard InChI is InChI=1S/C5H10N4O/c6-7-8-9-3-1-5(10)2-4-9/h5,10H,1-4H2. The SMILES string of the molecule is [N-]=[N+]=NN1CCC(O)CC1. The lowest BCUT2D eigenvalue weighted by atomic mass is 10.1. The van der Waals surface area contributed by atoms with E-state index in [0.717, 1.165) is 0 Å². The van der Waals surface area contributed by atoms with Crippen molar-refractivity contribution in [2.75, 3.05) is 13.1 Å². The summed E-state index contributed by atoms with van der Waals surface area (Å²) in [5, 5.41) is 14.1. The molecule has 56 valence electrons. The van der Waals surface area contributed by atoms with E-state index in [0.29, 0.717) is 25.9 Å². The van der Waals surface area contributed by atoms with Crippen molar-refractivity contribution in [3.8, 4) is 0 Å². The zero-order valence-corrected chi connectivity index (χ0v) is 5.64. The Bertz CT molecular complexity index is 146. The Labute approximate surface area is 58.9 Å². The van der Waals surface area contributed by atoms with Gasteiger partial charge in [-0.25, -0.2) is 5.01 Å². The molecule has 0 spiro atoms. The third kappa shape index (κ3) is 1.79. The van der Waals surface area contributed by atoms with Crippen molar-refractivity contribution in [1.82, 2.24) is 5.01 Å². The van der Waals surface area contributed by atoms with E-state index >= 15 is 0 Å². The maximum absolute atomic E-state index is 9.03. The predicted molar refractivity (Wildman–Crippen MR) is 36.0 cm³/mol. The molecule has 0 aliphatic carbocycles. The van der Waals surface area contributed by atoms with Gasteiger partial charge in [0.25, 0.3) is 0 Å². The summed E-state index contributed by atoms with van der Waals surface area (Å²) in [6, 6.07) is 0. The fourth-order valence-electron chi connectivity index (χ4n) is 0.998. The molecule has 0 aromatic carbocycles. The normalized spacial score (nSPS) is 20.3. The highest BCUT2D eigenvalue weighted by atomic mass is 16.3. The van der Waals surface area contributed by atoms with E-state index in [-0.39, 0.29) is 6.10 Å². The number of nitrogens with zero attached hydrogens (tertiary/aromatic N) is 4. The lowest BCUT2D eigenvalue weighted by Crippen LogP contribution is -2.31. The molecule has 5 nitrogen and oxygen atoms in total. The first-order chi connectivity index (χ1) is 4.83. The molecule has 1 heterocycles. The van der Waals surface area contributed by atoms with Gasteiger partial charge < -0.3 is 5.11 Å². The molecule has 1 fully saturated rings. The average Bonchev–Trinajstić information content (AvgIpc) is 1.95. The van der Waals surface area contributed by atoms with Gasteiger partial charge >= 0.3 is 0 Å². The number of rotatable bonds is 1. The second-order valence-electron chi connectivity index (χ2n) is 2.36. The van der Waals surface area contributed by atoms with Gasteiger partial charge in [-0.15, -0.1) is 5.53 Å². The van der Waals surface area contributed by atoms with E-state index in [1.54, 1.807) is 5.01 Å². The van der Waals surface area contributed by atoms with Crippen LogP contribution in [0.3, 0.4) is 0 Å². The van der Waals surface area contributed by atoms with Gasteiger partial charge in [0.05, 0.1) is 19.2 Å². The Morgan fingerprint density at radius 1 is 1.50 bits per heavy atom. The Balaban J connectivity index is 2.32. The molecule has 0 bridgehead atoms. The van der Waals surface area contributed by atoms with Gasteiger partial charge in [0, 0.05) is 12.8 Å². The lowest BCUT2D eigenvalue weighted by Gasteiger charge is -2.22. The highest BCUT2D eigenvalue weighted by molar-refractivity contribution is 4.67. The summed E-state index contributed by atoms with van der Waals surface area (Å²) in [6.07, 6.45) is 1.21. The molecule has 0 atom stereocenters. The van der Waals surface area contributed by atoms with E-state index in [9.17, 15) is 0 Å². The van der Waals surface area contributed by atoms with Crippen molar-refractivity contribution in [2.45, 2.75) is 18.9 Å². The molecule has 0 unspecified atom stereocenters. The molecule has 10 heavy (non-hydrogen) atoms. The second-order valence-corrected chi connectivity index (χ2v) is 2.36. The van der Waals surface area contributed by atoms with Crippen LogP contribution in [0.1, 0.15) is 12.8 Å². The molecule has 1 saturated heterocycles. The molecular weight excluding hydrogens is 132 g/mol. The highest BCUT2D eigenvalue weighted by Gasteiger charge is 2.17. The van der Waals surface area contributed by atoms with Crippen LogP contribution >= 0.6 is 0 Å². The van der Waals surface area contributed by atoms with Crippen LogP contribution in [0.5, 0.6) is 0 Å². The molecule has 1 N–H and O–H groups in total. The Hall–Kier alpha value is -0.930. The fraction of sp³-hybridized carbons (Fsp3) is 1.00. The van der Waals surface area contributed by atoms with Crippen LogP contribution in [0.4, 0.5) is 0 Å². The second kappa shape index (κ2) is 3.29. The predicted octanol–water partition coefficient (Wildman–Crippen LogP) is 0.668. The molecular formula is C5H10N4O. The molecule has 0 aromatic heterocycles. The largest absolute Gasteiger partial charge is 0.393 e. The van der Waals surface area contributed by atoms with Crippen LogP contribution in [0.15, 0.2) is 5.22 Å². The van der Waals surface area contributed by atoms with E-state index < -0.39 is 0 Å². The fourth-order valence-corrected chi connectivity index (χ4v) is 0.998. The van der Waals surface area contributed by atoms with Gasteiger partial charge in [0.15, 0.2) is 0 Å². The number of hydrogen-bond acceptors (Lipinski definition) is 2. The van der Waals surface area contributed by atoms with Gasteiger partial charge in [-0.1, -0.05) is 0 Å². The van der Waals surface area contributed by atoms with E-state index in [2.05, 4.69) is 10.1 Å². The number of piperidine rings is 1. The van der Waals surface area contributed by atoms with Gasteiger partial charge in [-0.05, 0) is 5.22 Å². The number of azide groups is 1. The summed E-state index contributed by atoms with van der Waals surface area (Å²) >= 11 is 0. The molecule has 1 aliphatic heterocycles. The Kier molecular flexibility index (Phi) is 2.36. The van der Waals surface area contributed by atoms with Crippen LogP contribution in [0, 0.1) is 0 Å². The first-order valence-corrected chi connectivity index (χ1v) is 3.31.